The van der Waals surface area contributed by atoms with Gasteiger partial charge in [-0.2, -0.15) is 0 Å². The van der Waals surface area contributed by atoms with E-state index in [-0.39, 0.29) is 11.1 Å². The lowest BCUT2D eigenvalue weighted by atomic mass is 10.1. The van der Waals surface area contributed by atoms with Crippen LogP contribution in [0.5, 0.6) is 0 Å². The van der Waals surface area contributed by atoms with Gasteiger partial charge in [-0.3, -0.25) is 9.36 Å². The highest BCUT2D eigenvalue weighted by molar-refractivity contribution is 6.31. The Labute approximate surface area is 154 Å². The first kappa shape index (κ1) is 16.5. The molecule has 0 aliphatic rings. The van der Waals surface area contributed by atoms with Crippen molar-refractivity contribution in [3.8, 4) is 0 Å². The van der Waals surface area contributed by atoms with Crippen LogP contribution in [-0.4, -0.2) is 24.5 Å². The van der Waals surface area contributed by atoms with Crippen molar-refractivity contribution in [3.63, 3.8) is 0 Å². The zero-order valence-corrected chi connectivity index (χ0v) is 14.9. The summed E-state index contributed by atoms with van der Waals surface area (Å²) in [5.41, 5.74) is 3.59. The summed E-state index contributed by atoms with van der Waals surface area (Å²) in [6, 6.07) is 15.5. The minimum absolute atomic E-state index is 0.207. The Morgan fingerprint density at radius 3 is 2.73 bits per heavy atom. The molecule has 2 aromatic carbocycles. The summed E-state index contributed by atoms with van der Waals surface area (Å²) in [6.45, 7) is 2.87. The molecule has 0 spiro atoms. The molecule has 0 atom stereocenters. The monoisotopic (exact) mass is 365 g/mol. The summed E-state index contributed by atoms with van der Waals surface area (Å²) in [5, 5.41) is 8.77. The van der Waals surface area contributed by atoms with Crippen molar-refractivity contribution in [2.45, 2.75) is 20.0 Å². The summed E-state index contributed by atoms with van der Waals surface area (Å²) in [4.78, 5) is 17.1. The lowest BCUT2D eigenvalue weighted by Gasteiger charge is -2.07. The third-order valence-corrected chi connectivity index (χ3v) is 4.57. The highest BCUT2D eigenvalue weighted by Crippen LogP contribution is 2.17. The molecular formula is C19H16ClN5O. The van der Waals surface area contributed by atoms with E-state index in [2.05, 4.69) is 15.3 Å². The van der Waals surface area contributed by atoms with E-state index in [0.717, 1.165) is 16.7 Å². The van der Waals surface area contributed by atoms with Gasteiger partial charge >= 0.3 is 0 Å². The standard InChI is InChI=1S/C19H16ClN5O/c1-13-5-4-6-14(9-13)10-24-12-21-18-17(19(24)26)22-23-25(18)11-15-7-2-3-8-16(15)20/h2-9,12H,10-11H2,1H3. The number of rotatable bonds is 4. The predicted molar refractivity (Wildman–Crippen MR) is 100 cm³/mol. The van der Waals surface area contributed by atoms with Crippen molar-refractivity contribution < 1.29 is 0 Å². The van der Waals surface area contributed by atoms with Crippen molar-refractivity contribution in [1.82, 2.24) is 24.5 Å². The minimum Gasteiger partial charge on any atom is -0.293 e. The van der Waals surface area contributed by atoms with E-state index in [1.165, 1.54) is 0 Å². The molecule has 0 saturated heterocycles. The van der Waals surface area contributed by atoms with Gasteiger partial charge in [0.2, 0.25) is 0 Å². The Hall–Kier alpha value is -2.99. The average molecular weight is 366 g/mol. The third kappa shape index (κ3) is 3.11. The normalized spacial score (nSPS) is 11.2. The molecule has 0 fully saturated rings. The summed E-state index contributed by atoms with van der Waals surface area (Å²) in [6.07, 6.45) is 1.54. The fourth-order valence-corrected chi connectivity index (χ4v) is 3.10. The SMILES string of the molecule is Cc1cccc(Cn2cnc3c(nnn3Cc3ccccc3Cl)c2=O)c1. The number of benzene rings is 2. The Morgan fingerprint density at radius 2 is 1.92 bits per heavy atom. The molecule has 2 aromatic heterocycles. The maximum absolute atomic E-state index is 12.7. The van der Waals surface area contributed by atoms with Gasteiger partial charge in [-0.05, 0) is 24.1 Å². The molecule has 0 bridgehead atoms. The molecule has 0 saturated carbocycles. The molecule has 0 unspecified atom stereocenters. The second-order valence-corrected chi connectivity index (χ2v) is 6.58. The quantitative estimate of drug-likeness (QED) is 0.557. The Bertz CT molecular complexity index is 1150. The fourth-order valence-electron chi connectivity index (χ4n) is 2.90. The van der Waals surface area contributed by atoms with Crippen LogP contribution >= 0.6 is 11.6 Å². The van der Waals surface area contributed by atoms with Gasteiger partial charge in [0.1, 0.15) is 6.33 Å². The van der Waals surface area contributed by atoms with Crippen LogP contribution < -0.4 is 5.56 Å². The number of aromatic nitrogens is 5. The van der Waals surface area contributed by atoms with Gasteiger partial charge < -0.3 is 0 Å². The molecule has 0 N–H and O–H groups in total. The van der Waals surface area contributed by atoms with Crippen LogP contribution in [0.4, 0.5) is 0 Å². The zero-order chi connectivity index (χ0) is 18.1. The Kier molecular flexibility index (Phi) is 4.26. The van der Waals surface area contributed by atoms with E-state index in [0.29, 0.717) is 23.8 Å². The average Bonchev–Trinajstić information content (AvgIpc) is 3.03. The van der Waals surface area contributed by atoms with Crippen molar-refractivity contribution in [1.29, 1.82) is 0 Å². The van der Waals surface area contributed by atoms with Gasteiger partial charge in [-0.1, -0.05) is 64.8 Å². The first-order chi connectivity index (χ1) is 12.6. The van der Waals surface area contributed by atoms with Crippen LogP contribution in [-0.2, 0) is 13.1 Å². The lowest BCUT2D eigenvalue weighted by Crippen LogP contribution is -2.21. The van der Waals surface area contributed by atoms with Crippen LogP contribution in [0.3, 0.4) is 0 Å². The molecule has 0 aliphatic carbocycles. The number of hydrogen-bond acceptors (Lipinski definition) is 4. The summed E-state index contributed by atoms with van der Waals surface area (Å²) in [5.74, 6) is 0. The van der Waals surface area contributed by atoms with Gasteiger partial charge in [0.25, 0.3) is 5.56 Å². The van der Waals surface area contributed by atoms with E-state index in [1.807, 2.05) is 55.5 Å². The Balaban J connectivity index is 1.69. The number of aryl methyl sites for hydroxylation is 1. The van der Waals surface area contributed by atoms with Crippen molar-refractivity contribution in [3.05, 3.63) is 86.9 Å². The smallest absolute Gasteiger partial charge is 0.283 e. The summed E-state index contributed by atoms with van der Waals surface area (Å²) >= 11 is 6.20. The second kappa shape index (κ2) is 6.72. The molecule has 7 heteroatoms. The highest BCUT2D eigenvalue weighted by atomic mass is 35.5. The number of hydrogen-bond donors (Lipinski definition) is 0. The largest absolute Gasteiger partial charge is 0.293 e. The molecule has 2 heterocycles. The van der Waals surface area contributed by atoms with Crippen molar-refractivity contribution >= 4 is 22.8 Å². The molecule has 6 nitrogen and oxygen atoms in total. The zero-order valence-electron chi connectivity index (χ0n) is 14.1. The molecular weight excluding hydrogens is 350 g/mol. The van der Waals surface area contributed by atoms with E-state index in [4.69, 9.17) is 11.6 Å². The van der Waals surface area contributed by atoms with E-state index in [1.54, 1.807) is 15.6 Å². The molecule has 26 heavy (non-hydrogen) atoms. The summed E-state index contributed by atoms with van der Waals surface area (Å²) < 4.78 is 3.14. The highest BCUT2D eigenvalue weighted by Gasteiger charge is 2.13. The van der Waals surface area contributed by atoms with Gasteiger partial charge in [-0.25, -0.2) is 9.67 Å². The van der Waals surface area contributed by atoms with Crippen LogP contribution in [0.2, 0.25) is 5.02 Å². The third-order valence-electron chi connectivity index (χ3n) is 4.21. The predicted octanol–water partition coefficient (Wildman–Crippen LogP) is 3.05. The topological polar surface area (TPSA) is 65.6 Å². The summed E-state index contributed by atoms with van der Waals surface area (Å²) in [7, 11) is 0. The number of nitrogens with zero attached hydrogens (tertiary/aromatic N) is 5. The van der Waals surface area contributed by atoms with Gasteiger partial charge in [-0.15, -0.1) is 5.10 Å². The van der Waals surface area contributed by atoms with Gasteiger partial charge in [0, 0.05) is 5.02 Å². The van der Waals surface area contributed by atoms with E-state index in [9.17, 15) is 4.79 Å². The van der Waals surface area contributed by atoms with Crippen LogP contribution in [0.25, 0.3) is 11.2 Å². The molecule has 4 rings (SSSR count). The molecule has 0 radical (unpaired) electrons. The van der Waals surface area contributed by atoms with Gasteiger partial charge in [0.05, 0.1) is 13.1 Å². The van der Waals surface area contributed by atoms with E-state index < -0.39 is 0 Å². The molecule has 0 aliphatic heterocycles. The Morgan fingerprint density at radius 1 is 1.08 bits per heavy atom. The molecule has 4 aromatic rings. The van der Waals surface area contributed by atoms with E-state index >= 15 is 0 Å². The van der Waals surface area contributed by atoms with Crippen LogP contribution in [0, 0.1) is 6.92 Å². The fraction of sp³-hybridized carbons (Fsp3) is 0.158. The van der Waals surface area contributed by atoms with Crippen molar-refractivity contribution in [2.75, 3.05) is 0 Å². The van der Waals surface area contributed by atoms with Gasteiger partial charge in [0.15, 0.2) is 11.2 Å². The lowest BCUT2D eigenvalue weighted by molar-refractivity contribution is 0.663. The van der Waals surface area contributed by atoms with Crippen molar-refractivity contribution in [2.24, 2.45) is 0 Å². The maximum atomic E-state index is 12.7. The first-order valence-electron chi connectivity index (χ1n) is 8.19. The second-order valence-electron chi connectivity index (χ2n) is 6.18. The first-order valence-corrected chi connectivity index (χ1v) is 8.57. The van der Waals surface area contributed by atoms with Crippen LogP contribution in [0.15, 0.2) is 59.7 Å². The number of halogens is 1. The van der Waals surface area contributed by atoms with Crippen LogP contribution in [0.1, 0.15) is 16.7 Å². The minimum atomic E-state index is -0.207. The molecule has 130 valence electrons. The number of fused-ring (bicyclic) bond motifs is 1. The molecule has 0 amide bonds. The maximum Gasteiger partial charge on any atom is 0.283 e.